The summed E-state index contributed by atoms with van der Waals surface area (Å²) in [5.74, 6) is 0.754. The molecule has 1 unspecified atom stereocenters. The van der Waals surface area contributed by atoms with Crippen LogP contribution >= 0.6 is 11.3 Å². The molecule has 7 heteroatoms. The zero-order valence-electron chi connectivity index (χ0n) is 15.6. The molecule has 3 aromatic rings. The number of hydrogen-bond donors (Lipinski definition) is 1. The number of carbonyl (C=O) groups excluding carboxylic acids is 1. The van der Waals surface area contributed by atoms with E-state index in [1.807, 2.05) is 29.6 Å². The summed E-state index contributed by atoms with van der Waals surface area (Å²) >= 11 is 1.61. The Morgan fingerprint density at radius 1 is 1.18 bits per heavy atom. The van der Waals surface area contributed by atoms with Gasteiger partial charge < -0.3 is 10.2 Å². The van der Waals surface area contributed by atoms with E-state index in [4.69, 9.17) is 0 Å². The highest BCUT2D eigenvalue weighted by Gasteiger charge is 2.23. The quantitative estimate of drug-likeness (QED) is 0.697. The molecule has 0 saturated carbocycles. The number of hydrogen-bond acceptors (Lipinski definition) is 6. The van der Waals surface area contributed by atoms with Crippen molar-refractivity contribution in [1.82, 2.24) is 20.3 Å². The van der Waals surface area contributed by atoms with Crippen molar-refractivity contribution in [3.63, 3.8) is 0 Å². The van der Waals surface area contributed by atoms with E-state index in [1.54, 1.807) is 23.7 Å². The van der Waals surface area contributed by atoms with Gasteiger partial charge in [0.15, 0.2) is 0 Å². The molecule has 2 aromatic heterocycles. The Kier molecular flexibility index (Phi) is 5.92. The molecule has 0 bridgehead atoms. The molecule has 0 aliphatic carbocycles. The Bertz CT molecular complexity index is 899. The van der Waals surface area contributed by atoms with Crippen molar-refractivity contribution in [3.8, 4) is 0 Å². The van der Waals surface area contributed by atoms with E-state index in [-0.39, 0.29) is 11.9 Å². The monoisotopic (exact) mass is 393 g/mol. The lowest BCUT2D eigenvalue weighted by atomic mass is 10.1. The summed E-state index contributed by atoms with van der Waals surface area (Å²) in [7, 11) is 0. The molecule has 0 radical (unpaired) electrons. The Morgan fingerprint density at radius 3 is 2.82 bits per heavy atom. The third-order valence-electron chi connectivity index (χ3n) is 4.76. The van der Waals surface area contributed by atoms with Crippen molar-refractivity contribution in [3.05, 3.63) is 70.4 Å². The number of carbonyl (C=O) groups is 1. The first kappa shape index (κ1) is 18.6. The Morgan fingerprint density at radius 2 is 2.00 bits per heavy atom. The fourth-order valence-corrected chi connectivity index (χ4v) is 4.28. The molecular weight excluding hydrogens is 370 g/mol. The molecule has 144 valence electrons. The van der Waals surface area contributed by atoms with Gasteiger partial charge in [-0.05, 0) is 24.5 Å². The minimum Gasteiger partial charge on any atom is -0.351 e. The maximum absolute atomic E-state index is 12.5. The lowest BCUT2D eigenvalue weighted by Gasteiger charge is -2.33. The first-order chi connectivity index (χ1) is 13.8. The van der Waals surface area contributed by atoms with Gasteiger partial charge in [-0.25, -0.2) is 15.0 Å². The maximum atomic E-state index is 12.5. The van der Waals surface area contributed by atoms with Crippen molar-refractivity contribution in [2.24, 2.45) is 0 Å². The summed E-state index contributed by atoms with van der Waals surface area (Å²) in [5.41, 5.74) is 2.07. The molecule has 1 aliphatic heterocycles. The van der Waals surface area contributed by atoms with Crippen molar-refractivity contribution in [2.75, 3.05) is 18.0 Å². The van der Waals surface area contributed by atoms with Gasteiger partial charge in [-0.15, -0.1) is 11.3 Å². The first-order valence-electron chi connectivity index (χ1n) is 9.55. The SMILES string of the molecule is O=C(Cc1csc(Cc2ccccc2)n1)NC1CCCN(c2ncccn2)C1. The van der Waals surface area contributed by atoms with Crippen LogP contribution in [0.2, 0.25) is 0 Å². The molecule has 3 heterocycles. The summed E-state index contributed by atoms with van der Waals surface area (Å²) in [4.78, 5) is 27.9. The van der Waals surface area contributed by atoms with Gasteiger partial charge in [0, 0.05) is 43.3 Å². The number of anilines is 1. The average Bonchev–Trinajstić information content (AvgIpc) is 3.16. The Labute approximate surface area is 168 Å². The number of nitrogens with zero attached hydrogens (tertiary/aromatic N) is 4. The van der Waals surface area contributed by atoms with Gasteiger partial charge in [0.05, 0.1) is 17.1 Å². The highest BCUT2D eigenvalue weighted by atomic mass is 32.1. The lowest BCUT2D eigenvalue weighted by Crippen LogP contribution is -2.48. The van der Waals surface area contributed by atoms with E-state index in [0.717, 1.165) is 49.0 Å². The number of aromatic nitrogens is 3. The summed E-state index contributed by atoms with van der Waals surface area (Å²) in [6, 6.07) is 12.2. The van der Waals surface area contributed by atoms with Gasteiger partial charge >= 0.3 is 0 Å². The zero-order valence-corrected chi connectivity index (χ0v) is 16.4. The number of piperidine rings is 1. The predicted octanol–water partition coefficient (Wildman–Crippen LogP) is 2.85. The minimum atomic E-state index is 0.0254. The molecule has 1 aromatic carbocycles. The molecular formula is C21H23N5OS. The van der Waals surface area contributed by atoms with E-state index < -0.39 is 0 Å². The van der Waals surface area contributed by atoms with E-state index >= 15 is 0 Å². The largest absolute Gasteiger partial charge is 0.351 e. The van der Waals surface area contributed by atoms with Gasteiger partial charge in [0.1, 0.15) is 0 Å². The van der Waals surface area contributed by atoms with E-state index in [1.165, 1.54) is 5.56 Å². The molecule has 1 saturated heterocycles. The van der Waals surface area contributed by atoms with Gasteiger partial charge in [-0.2, -0.15) is 0 Å². The van der Waals surface area contributed by atoms with Crippen LogP contribution in [0.1, 0.15) is 29.1 Å². The smallest absolute Gasteiger partial charge is 0.226 e. The van der Waals surface area contributed by atoms with Gasteiger partial charge in [0.25, 0.3) is 0 Å². The second kappa shape index (κ2) is 8.93. The molecule has 28 heavy (non-hydrogen) atoms. The predicted molar refractivity (Wildman–Crippen MR) is 110 cm³/mol. The third-order valence-corrected chi connectivity index (χ3v) is 5.66. The molecule has 1 N–H and O–H groups in total. The topological polar surface area (TPSA) is 71.0 Å². The van der Waals surface area contributed by atoms with Crippen LogP contribution in [0.25, 0.3) is 0 Å². The van der Waals surface area contributed by atoms with Crippen LogP contribution in [0, 0.1) is 0 Å². The van der Waals surface area contributed by atoms with Crippen LogP contribution < -0.4 is 10.2 Å². The van der Waals surface area contributed by atoms with Crippen molar-refractivity contribution in [1.29, 1.82) is 0 Å². The van der Waals surface area contributed by atoms with Crippen LogP contribution in [0.4, 0.5) is 5.95 Å². The van der Waals surface area contributed by atoms with E-state index in [9.17, 15) is 4.79 Å². The second-order valence-corrected chi connectivity index (χ2v) is 7.92. The van der Waals surface area contributed by atoms with Crippen molar-refractivity contribution in [2.45, 2.75) is 31.7 Å². The number of amides is 1. The van der Waals surface area contributed by atoms with Crippen LogP contribution in [-0.2, 0) is 17.6 Å². The Balaban J connectivity index is 1.29. The van der Waals surface area contributed by atoms with Crippen LogP contribution in [-0.4, -0.2) is 40.0 Å². The maximum Gasteiger partial charge on any atom is 0.226 e. The molecule has 6 nitrogen and oxygen atoms in total. The fourth-order valence-electron chi connectivity index (χ4n) is 3.46. The Hall–Kier alpha value is -2.80. The van der Waals surface area contributed by atoms with Gasteiger partial charge in [-0.1, -0.05) is 30.3 Å². The van der Waals surface area contributed by atoms with Gasteiger partial charge in [-0.3, -0.25) is 4.79 Å². The van der Waals surface area contributed by atoms with Crippen LogP contribution in [0.3, 0.4) is 0 Å². The highest BCUT2D eigenvalue weighted by Crippen LogP contribution is 2.17. The molecule has 1 aliphatic rings. The summed E-state index contributed by atoms with van der Waals surface area (Å²) < 4.78 is 0. The minimum absolute atomic E-state index is 0.0254. The number of thiazole rings is 1. The first-order valence-corrected chi connectivity index (χ1v) is 10.4. The van der Waals surface area contributed by atoms with Gasteiger partial charge in [0.2, 0.25) is 11.9 Å². The lowest BCUT2D eigenvalue weighted by molar-refractivity contribution is -0.121. The van der Waals surface area contributed by atoms with Crippen LogP contribution in [0.15, 0.2) is 54.2 Å². The number of rotatable bonds is 6. The summed E-state index contributed by atoms with van der Waals surface area (Å²) in [6.07, 6.45) is 6.62. The van der Waals surface area contributed by atoms with E-state index in [2.05, 4.69) is 37.3 Å². The molecule has 1 fully saturated rings. The average molecular weight is 394 g/mol. The van der Waals surface area contributed by atoms with Crippen molar-refractivity contribution < 1.29 is 4.79 Å². The molecule has 1 atom stereocenters. The van der Waals surface area contributed by atoms with Crippen molar-refractivity contribution >= 4 is 23.2 Å². The summed E-state index contributed by atoms with van der Waals surface area (Å²) in [5, 5.41) is 6.18. The fraction of sp³-hybridized carbons (Fsp3) is 0.333. The summed E-state index contributed by atoms with van der Waals surface area (Å²) in [6.45, 7) is 1.66. The highest BCUT2D eigenvalue weighted by molar-refractivity contribution is 7.09. The molecule has 1 amide bonds. The van der Waals surface area contributed by atoms with E-state index in [0.29, 0.717) is 6.42 Å². The van der Waals surface area contributed by atoms with Crippen LogP contribution in [0.5, 0.6) is 0 Å². The molecule has 4 rings (SSSR count). The normalized spacial score (nSPS) is 16.7. The molecule has 0 spiro atoms. The zero-order chi connectivity index (χ0) is 19.2. The number of benzene rings is 1. The number of nitrogens with one attached hydrogen (secondary N) is 1. The second-order valence-electron chi connectivity index (χ2n) is 6.97. The third kappa shape index (κ3) is 4.92. The standard InChI is InChI=1S/C21H23N5OS/c27-19(13-18-15-28-20(25-18)12-16-6-2-1-3-7-16)24-17-8-4-11-26(14-17)21-22-9-5-10-23-21/h1-3,5-7,9-10,15,17H,4,8,11-14H2,(H,24,27).